The molecule has 1 heteroatoms. The van der Waals surface area contributed by atoms with Crippen LogP contribution in [0.3, 0.4) is 0 Å². The first-order chi connectivity index (χ1) is 13.1. The molecule has 0 radical (unpaired) electrons. The van der Waals surface area contributed by atoms with E-state index in [1.54, 1.807) is 0 Å². The molecular formula is C26H30O. The zero-order valence-corrected chi connectivity index (χ0v) is 16.3. The summed E-state index contributed by atoms with van der Waals surface area (Å²) in [5.41, 5.74) is 4.17. The van der Waals surface area contributed by atoms with E-state index in [4.69, 9.17) is 0 Å². The van der Waals surface area contributed by atoms with E-state index in [-0.39, 0.29) is 5.92 Å². The SMILES string of the molecule is CC(/C=C\c1ccccc1)c1cc(C23CC4CC(CC(C4)C2)C3)ccc1O. The van der Waals surface area contributed by atoms with Crippen LogP contribution in [0.2, 0.25) is 0 Å². The van der Waals surface area contributed by atoms with Gasteiger partial charge in [0.05, 0.1) is 0 Å². The summed E-state index contributed by atoms with van der Waals surface area (Å²) in [4.78, 5) is 0. The highest BCUT2D eigenvalue weighted by Gasteiger charge is 2.51. The largest absolute Gasteiger partial charge is 0.508 e. The van der Waals surface area contributed by atoms with Crippen LogP contribution in [0.25, 0.3) is 6.08 Å². The van der Waals surface area contributed by atoms with E-state index in [1.807, 2.05) is 12.1 Å². The summed E-state index contributed by atoms with van der Waals surface area (Å²) >= 11 is 0. The maximum absolute atomic E-state index is 10.6. The summed E-state index contributed by atoms with van der Waals surface area (Å²) in [6.45, 7) is 2.19. The van der Waals surface area contributed by atoms with Crippen molar-refractivity contribution in [3.63, 3.8) is 0 Å². The molecule has 0 aliphatic heterocycles. The van der Waals surface area contributed by atoms with Gasteiger partial charge in [0.2, 0.25) is 0 Å². The monoisotopic (exact) mass is 358 g/mol. The van der Waals surface area contributed by atoms with Crippen LogP contribution >= 0.6 is 0 Å². The first-order valence-corrected chi connectivity index (χ1v) is 10.7. The molecule has 0 saturated heterocycles. The van der Waals surface area contributed by atoms with E-state index >= 15 is 0 Å². The number of phenols is 1. The quantitative estimate of drug-likeness (QED) is 0.646. The van der Waals surface area contributed by atoms with Gasteiger partial charge in [0.1, 0.15) is 5.75 Å². The normalized spacial score (nSPS) is 32.9. The third-order valence-electron chi connectivity index (χ3n) is 7.55. The van der Waals surface area contributed by atoms with Gasteiger partial charge in [0.25, 0.3) is 0 Å². The molecule has 27 heavy (non-hydrogen) atoms. The van der Waals surface area contributed by atoms with Gasteiger partial charge in [-0.2, -0.15) is 0 Å². The van der Waals surface area contributed by atoms with Crippen molar-refractivity contribution in [3.8, 4) is 5.75 Å². The zero-order valence-electron chi connectivity index (χ0n) is 16.3. The lowest BCUT2D eigenvalue weighted by Gasteiger charge is -2.57. The molecule has 1 atom stereocenters. The van der Waals surface area contributed by atoms with Crippen LogP contribution < -0.4 is 0 Å². The van der Waals surface area contributed by atoms with Crippen molar-refractivity contribution in [1.82, 2.24) is 0 Å². The van der Waals surface area contributed by atoms with Crippen LogP contribution in [-0.2, 0) is 5.41 Å². The molecule has 2 aromatic carbocycles. The highest BCUT2D eigenvalue weighted by Crippen LogP contribution is 2.61. The summed E-state index contributed by atoms with van der Waals surface area (Å²) in [6, 6.07) is 16.9. The summed E-state index contributed by atoms with van der Waals surface area (Å²) in [5.74, 6) is 3.49. The minimum Gasteiger partial charge on any atom is -0.508 e. The van der Waals surface area contributed by atoms with Gasteiger partial charge in [0.15, 0.2) is 0 Å². The maximum atomic E-state index is 10.6. The average molecular weight is 359 g/mol. The number of hydrogen-bond donors (Lipinski definition) is 1. The van der Waals surface area contributed by atoms with Gasteiger partial charge in [-0.05, 0) is 78.9 Å². The van der Waals surface area contributed by atoms with Crippen LogP contribution in [0.4, 0.5) is 0 Å². The van der Waals surface area contributed by atoms with Crippen molar-refractivity contribution in [3.05, 3.63) is 71.3 Å². The first-order valence-electron chi connectivity index (χ1n) is 10.7. The van der Waals surface area contributed by atoms with Crippen molar-refractivity contribution in [1.29, 1.82) is 0 Å². The lowest BCUT2D eigenvalue weighted by atomic mass is 9.48. The highest BCUT2D eigenvalue weighted by molar-refractivity contribution is 5.52. The molecule has 4 bridgehead atoms. The number of phenolic OH excluding ortho intramolecular Hbond substituents is 1. The van der Waals surface area contributed by atoms with Crippen molar-refractivity contribution >= 4 is 6.08 Å². The smallest absolute Gasteiger partial charge is 0.119 e. The van der Waals surface area contributed by atoms with Gasteiger partial charge in [-0.1, -0.05) is 61.5 Å². The lowest BCUT2D eigenvalue weighted by Crippen LogP contribution is -2.48. The van der Waals surface area contributed by atoms with Crippen molar-refractivity contribution in [2.45, 2.75) is 56.8 Å². The Morgan fingerprint density at radius 3 is 2.19 bits per heavy atom. The summed E-state index contributed by atoms with van der Waals surface area (Å²) in [7, 11) is 0. The Morgan fingerprint density at radius 1 is 0.926 bits per heavy atom. The number of benzene rings is 2. The Labute approximate surface area is 163 Å². The third-order valence-corrected chi connectivity index (χ3v) is 7.55. The second-order valence-electron chi connectivity index (χ2n) is 9.53. The minimum atomic E-state index is 0.207. The van der Waals surface area contributed by atoms with E-state index in [1.165, 1.54) is 49.7 Å². The Morgan fingerprint density at radius 2 is 1.56 bits per heavy atom. The molecular weight excluding hydrogens is 328 g/mol. The van der Waals surface area contributed by atoms with Gasteiger partial charge in [-0.3, -0.25) is 0 Å². The minimum absolute atomic E-state index is 0.207. The number of aromatic hydroxyl groups is 1. The fraction of sp³-hybridized carbons (Fsp3) is 0.462. The molecule has 140 valence electrons. The van der Waals surface area contributed by atoms with Crippen LogP contribution in [0.5, 0.6) is 5.75 Å². The second kappa shape index (κ2) is 6.55. The van der Waals surface area contributed by atoms with Crippen molar-refractivity contribution in [2.24, 2.45) is 17.8 Å². The second-order valence-corrected chi connectivity index (χ2v) is 9.53. The highest BCUT2D eigenvalue weighted by atomic mass is 16.3. The van der Waals surface area contributed by atoms with E-state index < -0.39 is 0 Å². The van der Waals surface area contributed by atoms with Crippen molar-refractivity contribution < 1.29 is 5.11 Å². The molecule has 0 amide bonds. The van der Waals surface area contributed by atoms with Crippen LogP contribution in [0.1, 0.15) is 68.1 Å². The maximum Gasteiger partial charge on any atom is 0.119 e. The summed E-state index contributed by atoms with van der Waals surface area (Å²) in [6.07, 6.45) is 12.9. The Kier molecular flexibility index (Phi) is 4.15. The topological polar surface area (TPSA) is 20.2 Å². The standard InChI is InChI=1S/C26H30O/c1-18(7-8-19-5-3-2-4-6-19)24-14-23(9-10-25(24)27)26-15-20-11-21(16-26)13-22(12-20)17-26/h2-10,14,18,20-22,27H,11-13,15-17H2,1H3/b8-7-. The summed E-state index contributed by atoms with van der Waals surface area (Å²) < 4.78 is 0. The summed E-state index contributed by atoms with van der Waals surface area (Å²) in [5, 5.41) is 10.6. The molecule has 1 nitrogen and oxygen atoms in total. The van der Waals surface area contributed by atoms with Gasteiger partial charge >= 0.3 is 0 Å². The predicted octanol–water partition coefficient (Wildman–Crippen LogP) is 6.68. The Bertz CT molecular complexity index is 812. The average Bonchev–Trinajstić information content (AvgIpc) is 2.66. The van der Waals surface area contributed by atoms with E-state index in [2.05, 4.69) is 55.5 Å². The fourth-order valence-corrected chi connectivity index (χ4v) is 6.64. The molecule has 4 aliphatic rings. The molecule has 4 saturated carbocycles. The zero-order chi connectivity index (χ0) is 18.4. The van der Waals surface area contributed by atoms with Crippen molar-refractivity contribution in [2.75, 3.05) is 0 Å². The molecule has 4 aliphatic carbocycles. The molecule has 1 N–H and O–H groups in total. The molecule has 4 fully saturated rings. The molecule has 6 rings (SSSR count). The number of hydrogen-bond acceptors (Lipinski definition) is 1. The van der Waals surface area contributed by atoms with Gasteiger partial charge in [-0.25, -0.2) is 0 Å². The third kappa shape index (κ3) is 3.12. The predicted molar refractivity (Wildman–Crippen MR) is 112 cm³/mol. The van der Waals surface area contributed by atoms with Gasteiger partial charge in [-0.15, -0.1) is 0 Å². The fourth-order valence-electron chi connectivity index (χ4n) is 6.64. The van der Waals surface area contributed by atoms with E-state index in [0.29, 0.717) is 11.2 Å². The Hall–Kier alpha value is -2.02. The molecule has 1 unspecified atom stereocenters. The number of allylic oxidation sites excluding steroid dienone is 1. The van der Waals surface area contributed by atoms with Crippen LogP contribution in [0.15, 0.2) is 54.6 Å². The van der Waals surface area contributed by atoms with E-state index in [9.17, 15) is 5.11 Å². The molecule has 0 heterocycles. The van der Waals surface area contributed by atoms with Gasteiger partial charge < -0.3 is 5.11 Å². The first kappa shape index (κ1) is 17.1. The van der Waals surface area contributed by atoms with E-state index in [0.717, 1.165) is 23.3 Å². The van der Waals surface area contributed by atoms with Crippen LogP contribution in [0, 0.1) is 17.8 Å². The van der Waals surface area contributed by atoms with Crippen LogP contribution in [-0.4, -0.2) is 5.11 Å². The Balaban J connectivity index is 1.44. The molecule has 0 spiro atoms. The molecule has 0 aromatic heterocycles. The molecule has 2 aromatic rings. The number of rotatable bonds is 4. The van der Waals surface area contributed by atoms with Gasteiger partial charge in [0, 0.05) is 11.5 Å². The lowest BCUT2D eigenvalue weighted by molar-refractivity contribution is -0.00523.